The van der Waals surface area contributed by atoms with Crippen LogP contribution in [-0.4, -0.2) is 97.0 Å². The van der Waals surface area contributed by atoms with E-state index in [1.54, 1.807) is 4.57 Å². The molecule has 20 nitrogen and oxygen atoms in total. The molecule has 4 aromatic heterocycles. The number of aliphatic hydroxyl groups excluding tert-OH is 2. The van der Waals surface area contributed by atoms with Crippen molar-refractivity contribution < 1.29 is 42.3 Å². The van der Waals surface area contributed by atoms with E-state index in [0.717, 1.165) is 11.8 Å². The van der Waals surface area contributed by atoms with Crippen LogP contribution in [0, 0.1) is 11.8 Å². The van der Waals surface area contributed by atoms with Crippen LogP contribution in [0.1, 0.15) is 11.8 Å². The van der Waals surface area contributed by atoms with E-state index in [0.29, 0.717) is 17.6 Å². The van der Waals surface area contributed by atoms with E-state index in [2.05, 4.69) is 42.2 Å². The van der Waals surface area contributed by atoms with E-state index in [1.807, 2.05) is 0 Å². The molecule has 46 heavy (non-hydrogen) atoms. The predicted molar refractivity (Wildman–Crippen MR) is 162 cm³/mol. The molecule has 24 heteroatoms. The van der Waals surface area contributed by atoms with E-state index in [9.17, 15) is 29.0 Å². The van der Waals surface area contributed by atoms with Crippen LogP contribution >= 0.6 is 38.6 Å². The third kappa shape index (κ3) is 4.66. The van der Waals surface area contributed by atoms with Gasteiger partial charge >= 0.3 is 14.6 Å². The maximum atomic E-state index is 13.6. The molecule has 0 aromatic carbocycles. The van der Waals surface area contributed by atoms with Gasteiger partial charge in [0.1, 0.15) is 35.5 Å². The number of aromatic amines is 1. The van der Waals surface area contributed by atoms with Crippen molar-refractivity contribution in [2.24, 2.45) is 11.8 Å². The molecule has 2 aliphatic heterocycles. The molecule has 4 fully saturated rings. The zero-order valence-corrected chi connectivity index (χ0v) is 26.7. The molecule has 4 aromatic rings. The van der Waals surface area contributed by atoms with Crippen LogP contribution in [0.4, 0.5) is 11.8 Å². The second kappa shape index (κ2) is 10.4. The molecule has 8 N–H and O–H groups in total. The highest BCUT2D eigenvalue weighted by Gasteiger charge is 2.74. The monoisotopic (exact) mass is 716 g/mol. The molecule has 1 unspecified atom stereocenters. The second-order valence-corrected chi connectivity index (χ2v) is 17.1. The summed E-state index contributed by atoms with van der Waals surface area (Å²) in [4.78, 5) is 46.3. The summed E-state index contributed by atoms with van der Waals surface area (Å²) in [5, 5.41) is 21.0. The van der Waals surface area contributed by atoms with Crippen molar-refractivity contribution in [3.8, 4) is 0 Å². The van der Waals surface area contributed by atoms with E-state index >= 15 is 0 Å². The normalized spacial score (nSPS) is 41.0. The molecule has 4 aliphatic rings. The maximum Gasteiger partial charge on any atom is 0.472 e. The van der Waals surface area contributed by atoms with Crippen LogP contribution in [0.3, 0.4) is 0 Å². The summed E-state index contributed by atoms with van der Waals surface area (Å²) in [5.41, 5.74) is 10.7. The molecule has 8 rings (SSSR count). The highest BCUT2D eigenvalue weighted by molar-refractivity contribution is 8.44. The third-order valence-electron chi connectivity index (χ3n) is 8.98. The lowest BCUT2D eigenvalue weighted by molar-refractivity contribution is -0.0194. The number of nitrogens with one attached hydrogen (secondary N) is 1. The minimum absolute atomic E-state index is 0.0334. The Kier molecular flexibility index (Phi) is 6.97. The fourth-order valence-corrected chi connectivity index (χ4v) is 11.0. The highest BCUT2D eigenvalue weighted by Crippen LogP contribution is 2.69. The Labute approximate surface area is 266 Å². The Morgan fingerprint density at radius 1 is 1.04 bits per heavy atom. The number of phosphoric acid groups is 1. The summed E-state index contributed by atoms with van der Waals surface area (Å²) in [6.45, 7) is -5.12. The van der Waals surface area contributed by atoms with Gasteiger partial charge in [0.15, 0.2) is 22.6 Å². The number of phosphoric ester groups is 1. The van der Waals surface area contributed by atoms with Crippen LogP contribution in [0.25, 0.3) is 22.3 Å². The Morgan fingerprint density at radius 3 is 2.63 bits per heavy atom. The van der Waals surface area contributed by atoms with E-state index in [-0.39, 0.29) is 22.9 Å². The third-order valence-corrected chi connectivity index (χ3v) is 13.1. The van der Waals surface area contributed by atoms with Gasteiger partial charge in [-0.05, 0) is 12.3 Å². The number of fused-ring (bicyclic) bond motifs is 7. The lowest BCUT2D eigenvalue weighted by atomic mass is 10.0. The summed E-state index contributed by atoms with van der Waals surface area (Å²) in [7, 11) is -4.93. The van der Waals surface area contributed by atoms with Gasteiger partial charge in [-0.2, -0.15) is 4.98 Å². The fraction of sp³-hybridized carbons (Fsp3) is 0.545. The van der Waals surface area contributed by atoms with Crippen molar-refractivity contribution in [2.75, 3.05) is 24.7 Å². The van der Waals surface area contributed by atoms with E-state index in [4.69, 9.17) is 29.6 Å². The Morgan fingerprint density at radius 2 is 1.83 bits per heavy atom. The van der Waals surface area contributed by atoms with Crippen molar-refractivity contribution in [3.05, 3.63) is 29.3 Å². The number of nitrogens with two attached hydrogens (primary N) is 2. The second-order valence-electron chi connectivity index (χ2n) is 11.5. The number of hydrogen-bond acceptors (Lipinski definition) is 17. The number of hydrogen-bond donors (Lipinski definition) is 7. The number of aromatic nitrogens is 8. The zero-order chi connectivity index (χ0) is 32.3. The highest BCUT2D eigenvalue weighted by atomic mass is 32.7. The van der Waals surface area contributed by atoms with Gasteiger partial charge in [-0.15, -0.1) is 11.8 Å². The average molecular weight is 717 g/mol. The lowest BCUT2D eigenvalue weighted by Crippen LogP contribution is -2.40. The number of rotatable bonds is 2. The molecule has 2 aliphatic carbocycles. The Hall–Kier alpha value is -2.62. The number of imidazole rings is 2. The van der Waals surface area contributed by atoms with Crippen LogP contribution in [0.15, 0.2) is 23.8 Å². The molecule has 6 heterocycles. The first kappa shape index (κ1) is 30.7. The molecule has 11 atom stereocenters. The van der Waals surface area contributed by atoms with Crippen molar-refractivity contribution in [3.63, 3.8) is 0 Å². The van der Waals surface area contributed by atoms with Crippen molar-refractivity contribution in [1.29, 1.82) is 0 Å². The number of anilines is 2. The summed E-state index contributed by atoms with van der Waals surface area (Å²) in [6.07, 6.45) is -1.11. The lowest BCUT2D eigenvalue weighted by Gasteiger charge is -2.30. The molecule has 0 amide bonds. The number of nitrogen functional groups attached to an aromatic ring is 2. The maximum absolute atomic E-state index is 13.6. The largest absolute Gasteiger partial charge is 0.472 e. The number of H-pyrrole nitrogens is 1. The Bertz CT molecular complexity index is 2050. The molecule has 2 saturated heterocycles. The van der Waals surface area contributed by atoms with Gasteiger partial charge in [-0.1, -0.05) is 12.2 Å². The number of thioether (sulfide) groups is 1. The van der Waals surface area contributed by atoms with Gasteiger partial charge in [0.05, 0.1) is 42.8 Å². The summed E-state index contributed by atoms with van der Waals surface area (Å²) in [6, 6.07) is 0. The average Bonchev–Trinajstić information content (AvgIpc) is 3.25. The molecular formula is C22H26N10O10P2S2. The quantitative estimate of drug-likeness (QED) is 0.104. The molecular weight excluding hydrogens is 690 g/mol. The summed E-state index contributed by atoms with van der Waals surface area (Å²) in [5.74, 6) is -1.28. The molecule has 0 spiro atoms. The fourth-order valence-electron chi connectivity index (χ4n) is 6.87. The minimum Gasteiger partial charge on any atom is -0.389 e. The van der Waals surface area contributed by atoms with Gasteiger partial charge in [0, 0.05) is 5.92 Å². The molecule has 246 valence electrons. The van der Waals surface area contributed by atoms with Gasteiger partial charge < -0.3 is 31.1 Å². The summed E-state index contributed by atoms with van der Waals surface area (Å²) >= 11 is 5.17. The first-order valence-corrected chi connectivity index (χ1v) is 18.9. The Balaban J connectivity index is 1.14. The first-order chi connectivity index (χ1) is 21.8. The van der Waals surface area contributed by atoms with Crippen LogP contribution in [0.5, 0.6) is 0 Å². The summed E-state index contributed by atoms with van der Waals surface area (Å²) < 4.78 is 52.5. The van der Waals surface area contributed by atoms with Crippen LogP contribution in [-0.2, 0) is 32.8 Å². The predicted octanol–water partition coefficient (Wildman–Crippen LogP) is -0.240. The topological polar surface area (TPSA) is 291 Å². The standard InChI is InChI=1S/C22H26N10O10P2S2/c23-16-10-17(26-4-25-16)32(6-28-10)22-1-8(22)7-2-39-43(36,37)41-14-12(33)9(3-40-44(38,45)42-13(7)15(22)34)46-20(14)31-5-27-11-18(31)29-21(24)30-19(11)35/h4-9,12-15,20,33-34H,1-3H2,(H,36,37)(H,38,45)(H2,23,25,26)(H3,24,29,30,35)/t7-,8-,9+,12+,13+,14+,15+,20+,22+,44+/m0/s1. The van der Waals surface area contributed by atoms with Crippen molar-refractivity contribution in [2.45, 2.75) is 47.0 Å². The number of thiol groups is 1. The molecule has 0 radical (unpaired) electrons. The smallest absolute Gasteiger partial charge is 0.389 e. The van der Waals surface area contributed by atoms with Crippen molar-refractivity contribution in [1.82, 2.24) is 39.0 Å². The number of nitrogens with zero attached hydrogens (tertiary/aromatic N) is 7. The molecule has 2 saturated carbocycles. The van der Waals surface area contributed by atoms with Crippen molar-refractivity contribution >= 4 is 72.7 Å². The van der Waals surface area contributed by atoms with Crippen LogP contribution in [0.2, 0.25) is 0 Å². The van der Waals surface area contributed by atoms with Crippen LogP contribution < -0.4 is 17.0 Å². The molecule has 2 bridgehead atoms. The minimum atomic E-state index is -4.93. The van der Waals surface area contributed by atoms with E-state index < -0.39 is 85.8 Å². The van der Waals surface area contributed by atoms with Gasteiger partial charge in [-0.25, -0.2) is 29.1 Å². The van der Waals surface area contributed by atoms with Gasteiger partial charge in [-0.3, -0.25) is 32.4 Å². The zero-order valence-electron chi connectivity index (χ0n) is 23.2. The van der Waals surface area contributed by atoms with Gasteiger partial charge in [0.25, 0.3) is 5.56 Å². The van der Waals surface area contributed by atoms with E-state index in [1.165, 1.54) is 23.5 Å². The number of aliphatic hydroxyl groups is 2. The SMILES string of the molecule is Nc1nc2c(ncn2[C@@H]2S[C@@H]3CO[P@@](=O)(S)O[C@@H]4[C@@H](COP(=O)(O)O[C@@H]2[C@@H]3O)[C@@H]2C[C@]2(n2cnc3c(N)ncnc32)[C@@H]4O)c(=O)[nH]1. The van der Waals surface area contributed by atoms with Gasteiger partial charge in [0.2, 0.25) is 5.95 Å². The first-order valence-electron chi connectivity index (χ1n) is 13.8.